The molecule has 0 heterocycles. The average Bonchev–Trinajstić information content (AvgIpc) is 2.54. The van der Waals surface area contributed by atoms with E-state index in [-0.39, 0.29) is 6.04 Å². The number of hydrogen-bond donors (Lipinski definition) is 1. The van der Waals surface area contributed by atoms with Crippen molar-refractivity contribution in [1.29, 1.82) is 5.26 Å². The lowest BCUT2D eigenvalue weighted by Crippen LogP contribution is -2.07. The number of rotatable bonds is 5. The van der Waals surface area contributed by atoms with Crippen LogP contribution < -0.4 is 14.8 Å². The number of nitriles is 1. The van der Waals surface area contributed by atoms with Gasteiger partial charge in [-0.2, -0.15) is 5.26 Å². The summed E-state index contributed by atoms with van der Waals surface area (Å²) in [4.78, 5) is 0. The van der Waals surface area contributed by atoms with Crippen LogP contribution in [0.3, 0.4) is 0 Å². The number of nitrogens with one attached hydrogen (secondary N) is 1. The molecular formula is C17H18N2O2. The topological polar surface area (TPSA) is 54.3 Å². The Kier molecular flexibility index (Phi) is 4.68. The SMILES string of the molecule is COc1ccc(C(C)Nc2ccc(C#N)cc2)cc1OC. The van der Waals surface area contributed by atoms with Crippen LogP contribution in [0.1, 0.15) is 24.1 Å². The minimum atomic E-state index is 0.109. The van der Waals surface area contributed by atoms with Crippen LogP contribution in [0, 0.1) is 11.3 Å². The first-order chi connectivity index (χ1) is 10.2. The molecule has 1 atom stereocenters. The van der Waals surface area contributed by atoms with E-state index in [0.29, 0.717) is 17.1 Å². The molecule has 0 saturated carbocycles. The van der Waals surface area contributed by atoms with Gasteiger partial charge in [0.2, 0.25) is 0 Å². The highest BCUT2D eigenvalue weighted by atomic mass is 16.5. The first-order valence-corrected chi connectivity index (χ1v) is 6.66. The Morgan fingerprint density at radius 1 is 1.00 bits per heavy atom. The Labute approximate surface area is 124 Å². The molecule has 21 heavy (non-hydrogen) atoms. The van der Waals surface area contributed by atoms with Crippen LogP contribution in [0.25, 0.3) is 0 Å². The van der Waals surface area contributed by atoms with Crippen molar-refractivity contribution in [2.75, 3.05) is 19.5 Å². The first-order valence-electron chi connectivity index (χ1n) is 6.66. The molecule has 2 aromatic carbocycles. The van der Waals surface area contributed by atoms with Crippen molar-refractivity contribution in [3.8, 4) is 17.6 Å². The average molecular weight is 282 g/mol. The van der Waals surface area contributed by atoms with Crippen molar-refractivity contribution in [3.63, 3.8) is 0 Å². The number of anilines is 1. The largest absolute Gasteiger partial charge is 0.493 e. The van der Waals surface area contributed by atoms with E-state index in [1.54, 1.807) is 26.4 Å². The van der Waals surface area contributed by atoms with Crippen LogP contribution in [-0.4, -0.2) is 14.2 Å². The van der Waals surface area contributed by atoms with Gasteiger partial charge < -0.3 is 14.8 Å². The summed E-state index contributed by atoms with van der Waals surface area (Å²) in [5.41, 5.74) is 2.72. The lowest BCUT2D eigenvalue weighted by molar-refractivity contribution is 0.354. The molecule has 1 N–H and O–H groups in total. The predicted octanol–water partition coefficient (Wildman–Crippen LogP) is 3.75. The maximum absolute atomic E-state index is 8.80. The monoisotopic (exact) mass is 282 g/mol. The molecule has 1 unspecified atom stereocenters. The standard InChI is InChI=1S/C17H18N2O2/c1-12(19-15-7-4-13(11-18)5-8-15)14-6-9-16(20-2)17(10-14)21-3/h4-10,12,19H,1-3H3. The maximum Gasteiger partial charge on any atom is 0.161 e. The van der Waals surface area contributed by atoms with Gasteiger partial charge in [0.05, 0.1) is 25.9 Å². The number of nitrogens with zero attached hydrogens (tertiary/aromatic N) is 1. The second-order valence-electron chi connectivity index (χ2n) is 4.67. The van der Waals surface area contributed by atoms with E-state index in [1.165, 1.54) is 0 Å². The quantitative estimate of drug-likeness (QED) is 0.907. The van der Waals surface area contributed by atoms with Crippen LogP contribution in [0.4, 0.5) is 5.69 Å². The molecule has 2 rings (SSSR count). The van der Waals surface area contributed by atoms with Gasteiger partial charge in [-0.1, -0.05) is 6.07 Å². The summed E-state index contributed by atoms with van der Waals surface area (Å²) in [6.07, 6.45) is 0. The van der Waals surface area contributed by atoms with Crippen LogP contribution in [0.2, 0.25) is 0 Å². The van der Waals surface area contributed by atoms with E-state index < -0.39 is 0 Å². The molecule has 0 aliphatic heterocycles. The van der Waals surface area contributed by atoms with Gasteiger partial charge in [-0.05, 0) is 48.9 Å². The summed E-state index contributed by atoms with van der Waals surface area (Å²) in [6, 6.07) is 15.5. The molecule has 0 amide bonds. The normalized spacial score (nSPS) is 11.3. The Morgan fingerprint density at radius 2 is 1.67 bits per heavy atom. The minimum Gasteiger partial charge on any atom is -0.493 e. The summed E-state index contributed by atoms with van der Waals surface area (Å²) in [5, 5.41) is 12.2. The van der Waals surface area contributed by atoms with Crippen LogP contribution in [-0.2, 0) is 0 Å². The molecule has 4 nitrogen and oxygen atoms in total. The van der Waals surface area contributed by atoms with Crippen LogP contribution in [0.15, 0.2) is 42.5 Å². The zero-order chi connectivity index (χ0) is 15.2. The molecule has 0 radical (unpaired) electrons. The molecule has 4 heteroatoms. The van der Waals surface area contributed by atoms with Gasteiger partial charge in [0, 0.05) is 11.7 Å². The van der Waals surface area contributed by atoms with Crippen molar-refractivity contribution >= 4 is 5.69 Å². The maximum atomic E-state index is 8.80. The third-order valence-corrected chi connectivity index (χ3v) is 3.30. The fourth-order valence-electron chi connectivity index (χ4n) is 2.10. The number of benzene rings is 2. The van der Waals surface area contributed by atoms with Crippen LogP contribution in [0.5, 0.6) is 11.5 Å². The first kappa shape index (κ1) is 14.7. The molecule has 0 aromatic heterocycles. The Morgan fingerprint density at radius 3 is 2.24 bits per heavy atom. The fraction of sp³-hybridized carbons (Fsp3) is 0.235. The predicted molar refractivity (Wildman–Crippen MR) is 82.7 cm³/mol. The van der Waals surface area contributed by atoms with E-state index >= 15 is 0 Å². The van der Waals surface area contributed by atoms with Crippen LogP contribution >= 0.6 is 0 Å². The number of ether oxygens (including phenoxy) is 2. The van der Waals surface area contributed by atoms with E-state index in [9.17, 15) is 0 Å². The van der Waals surface area contributed by atoms with E-state index in [1.807, 2.05) is 30.3 Å². The smallest absolute Gasteiger partial charge is 0.161 e. The molecule has 0 bridgehead atoms. The Balaban J connectivity index is 2.15. The Bertz CT molecular complexity index is 645. The molecule has 0 saturated heterocycles. The second-order valence-corrected chi connectivity index (χ2v) is 4.67. The third kappa shape index (κ3) is 3.46. The summed E-state index contributed by atoms with van der Waals surface area (Å²) in [7, 11) is 3.25. The minimum absolute atomic E-state index is 0.109. The van der Waals surface area contributed by atoms with Crippen molar-refractivity contribution in [1.82, 2.24) is 0 Å². The number of hydrogen-bond acceptors (Lipinski definition) is 4. The molecule has 0 aliphatic carbocycles. The van der Waals surface area contributed by atoms with Gasteiger partial charge in [-0.3, -0.25) is 0 Å². The van der Waals surface area contributed by atoms with Crippen molar-refractivity contribution in [3.05, 3.63) is 53.6 Å². The summed E-state index contributed by atoms with van der Waals surface area (Å²) in [5.74, 6) is 1.43. The van der Waals surface area contributed by atoms with Gasteiger partial charge in [-0.25, -0.2) is 0 Å². The molecular weight excluding hydrogens is 264 g/mol. The highest BCUT2D eigenvalue weighted by Gasteiger charge is 2.10. The zero-order valence-electron chi connectivity index (χ0n) is 12.4. The van der Waals surface area contributed by atoms with Gasteiger partial charge in [0.25, 0.3) is 0 Å². The lowest BCUT2D eigenvalue weighted by Gasteiger charge is -2.17. The molecule has 0 spiro atoms. The fourth-order valence-corrected chi connectivity index (χ4v) is 2.10. The van der Waals surface area contributed by atoms with Gasteiger partial charge >= 0.3 is 0 Å². The molecule has 2 aromatic rings. The van der Waals surface area contributed by atoms with Gasteiger partial charge in [-0.15, -0.1) is 0 Å². The third-order valence-electron chi connectivity index (χ3n) is 3.30. The van der Waals surface area contributed by atoms with E-state index in [2.05, 4.69) is 18.3 Å². The highest BCUT2D eigenvalue weighted by Crippen LogP contribution is 2.31. The molecule has 108 valence electrons. The molecule has 0 fully saturated rings. The summed E-state index contributed by atoms with van der Waals surface area (Å²) in [6.45, 7) is 2.07. The van der Waals surface area contributed by atoms with Gasteiger partial charge in [0.1, 0.15) is 0 Å². The second kappa shape index (κ2) is 6.67. The Hall–Kier alpha value is -2.67. The van der Waals surface area contributed by atoms with Crippen molar-refractivity contribution in [2.24, 2.45) is 0 Å². The summed E-state index contributed by atoms with van der Waals surface area (Å²) >= 11 is 0. The zero-order valence-corrected chi connectivity index (χ0v) is 12.4. The molecule has 0 aliphatic rings. The number of methoxy groups -OCH3 is 2. The van der Waals surface area contributed by atoms with Crippen molar-refractivity contribution < 1.29 is 9.47 Å². The van der Waals surface area contributed by atoms with Gasteiger partial charge in [0.15, 0.2) is 11.5 Å². The summed E-state index contributed by atoms with van der Waals surface area (Å²) < 4.78 is 10.6. The highest BCUT2D eigenvalue weighted by molar-refractivity contribution is 5.50. The van der Waals surface area contributed by atoms with E-state index in [0.717, 1.165) is 11.3 Å². The lowest BCUT2D eigenvalue weighted by atomic mass is 10.1. The van der Waals surface area contributed by atoms with E-state index in [4.69, 9.17) is 14.7 Å². The van der Waals surface area contributed by atoms with Crippen molar-refractivity contribution in [2.45, 2.75) is 13.0 Å².